The number of carboxylic acids is 1. The summed E-state index contributed by atoms with van der Waals surface area (Å²) < 4.78 is 0. The number of rotatable bonds is 4. The molecule has 0 aromatic heterocycles. The van der Waals surface area contributed by atoms with Crippen LogP contribution < -0.4 is 5.32 Å². The molecule has 1 fully saturated rings. The van der Waals surface area contributed by atoms with Crippen molar-refractivity contribution in [2.45, 2.75) is 25.8 Å². The molecule has 0 spiro atoms. The molecule has 2 amide bonds. The molecule has 25 heavy (non-hydrogen) atoms. The molecule has 0 radical (unpaired) electrons. The van der Waals surface area contributed by atoms with E-state index < -0.39 is 11.9 Å². The summed E-state index contributed by atoms with van der Waals surface area (Å²) in [5.74, 6) is -1.26. The van der Waals surface area contributed by atoms with Gasteiger partial charge >= 0.3 is 12.0 Å². The van der Waals surface area contributed by atoms with E-state index in [9.17, 15) is 9.59 Å². The van der Waals surface area contributed by atoms with Crippen LogP contribution in [0.4, 0.5) is 4.79 Å². The van der Waals surface area contributed by atoms with Crippen LogP contribution in [0.15, 0.2) is 18.2 Å². The summed E-state index contributed by atoms with van der Waals surface area (Å²) >= 11 is 6.23. The SMILES string of the molecule is O=C(O)C1CCCN(C(=O)NCCN2CCc3c(Cl)cccc3C2)C1. The van der Waals surface area contributed by atoms with Crippen molar-refractivity contribution < 1.29 is 14.7 Å². The van der Waals surface area contributed by atoms with Crippen molar-refractivity contribution in [3.05, 3.63) is 34.3 Å². The molecule has 2 aliphatic rings. The second-order valence-corrected chi connectivity index (χ2v) is 7.17. The predicted octanol–water partition coefficient (Wildman–Crippen LogP) is 2.20. The Kier molecular flexibility index (Phi) is 5.81. The smallest absolute Gasteiger partial charge is 0.317 e. The molecular formula is C18H24ClN3O3. The summed E-state index contributed by atoms with van der Waals surface area (Å²) in [4.78, 5) is 27.2. The Morgan fingerprint density at radius 2 is 2.16 bits per heavy atom. The van der Waals surface area contributed by atoms with Crippen LogP contribution in [0, 0.1) is 5.92 Å². The number of piperidine rings is 1. The summed E-state index contributed by atoms with van der Waals surface area (Å²) in [6, 6.07) is 5.85. The fraction of sp³-hybridized carbons (Fsp3) is 0.556. The van der Waals surface area contributed by atoms with Crippen LogP contribution >= 0.6 is 11.6 Å². The number of aliphatic carboxylic acids is 1. The highest BCUT2D eigenvalue weighted by atomic mass is 35.5. The molecule has 2 aliphatic heterocycles. The number of benzene rings is 1. The molecule has 1 aromatic rings. The van der Waals surface area contributed by atoms with Crippen molar-refractivity contribution in [2.75, 3.05) is 32.7 Å². The number of carbonyl (C=O) groups is 2. The summed E-state index contributed by atoms with van der Waals surface area (Å²) in [6.07, 6.45) is 2.32. The van der Waals surface area contributed by atoms with Crippen LogP contribution in [0.5, 0.6) is 0 Å². The lowest BCUT2D eigenvalue weighted by Crippen LogP contribution is -2.48. The summed E-state index contributed by atoms with van der Waals surface area (Å²) in [5, 5.41) is 12.9. The van der Waals surface area contributed by atoms with E-state index in [-0.39, 0.29) is 6.03 Å². The molecule has 1 unspecified atom stereocenters. The van der Waals surface area contributed by atoms with Gasteiger partial charge in [0.25, 0.3) is 0 Å². The summed E-state index contributed by atoms with van der Waals surface area (Å²) in [5.41, 5.74) is 2.49. The number of hydrogen-bond donors (Lipinski definition) is 2. The topological polar surface area (TPSA) is 72.9 Å². The van der Waals surface area contributed by atoms with Gasteiger partial charge in [-0.25, -0.2) is 4.79 Å². The van der Waals surface area contributed by atoms with Gasteiger partial charge in [0.1, 0.15) is 0 Å². The second kappa shape index (κ2) is 8.06. The van der Waals surface area contributed by atoms with Gasteiger partial charge < -0.3 is 15.3 Å². The maximum atomic E-state index is 12.2. The number of nitrogens with one attached hydrogen (secondary N) is 1. The number of urea groups is 1. The van der Waals surface area contributed by atoms with Gasteiger partial charge in [0, 0.05) is 44.3 Å². The Labute approximate surface area is 152 Å². The van der Waals surface area contributed by atoms with Crippen molar-refractivity contribution in [3.63, 3.8) is 0 Å². The van der Waals surface area contributed by atoms with Gasteiger partial charge in [0.2, 0.25) is 0 Å². The van der Waals surface area contributed by atoms with E-state index in [4.69, 9.17) is 16.7 Å². The molecule has 2 N–H and O–H groups in total. The fourth-order valence-corrected chi connectivity index (χ4v) is 3.90. The van der Waals surface area contributed by atoms with E-state index in [0.29, 0.717) is 26.1 Å². The van der Waals surface area contributed by atoms with E-state index in [1.165, 1.54) is 11.1 Å². The lowest BCUT2D eigenvalue weighted by molar-refractivity contribution is -0.143. The van der Waals surface area contributed by atoms with Crippen molar-refractivity contribution >= 4 is 23.6 Å². The zero-order valence-electron chi connectivity index (χ0n) is 14.2. The molecular weight excluding hydrogens is 342 g/mol. The zero-order valence-corrected chi connectivity index (χ0v) is 15.0. The third kappa shape index (κ3) is 4.44. The molecule has 7 heteroatoms. The van der Waals surface area contributed by atoms with Crippen molar-refractivity contribution in [3.8, 4) is 0 Å². The average Bonchev–Trinajstić information content (AvgIpc) is 2.62. The van der Waals surface area contributed by atoms with Crippen molar-refractivity contribution in [2.24, 2.45) is 5.92 Å². The van der Waals surface area contributed by atoms with Gasteiger partial charge in [-0.05, 0) is 36.5 Å². The Bertz CT molecular complexity index is 652. The molecule has 0 bridgehead atoms. The maximum Gasteiger partial charge on any atom is 0.317 e. The molecule has 6 nitrogen and oxygen atoms in total. The first-order valence-corrected chi connectivity index (χ1v) is 9.16. The second-order valence-electron chi connectivity index (χ2n) is 6.76. The predicted molar refractivity (Wildman–Crippen MR) is 95.8 cm³/mol. The maximum absolute atomic E-state index is 12.2. The van der Waals surface area contributed by atoms with Crippen LogP contribution in [0.25, 0.3) is 0 Å². The molecule has 2 heterocycles. The molecule has 0 saturated carbocycles. The first kappa shape index (κ1) is 18.0. The van der Waals surface area contributed by atoms with Gasteiger partial charge in [-0.2, -0.15) is 0 Å². The monoisotopic (exact) mass is 365 g/mol. The highest BCUT2D eigenvalue weighted by molar-refractivity contribution is 6.31. The van der Waals surface area contributed by atoms with Crippen molar-refractivity contribution in [1.29, 1.82) is 0 Å². The first-order valence-electron chi connectivity index (χ1n) is 8.79. The largest absolute Gasteiger partial charge is 0.481 e. The fourth-order valence-electron chi connectivity index (χ4n) is 3.61. The summed E-state index contributed by atoms with van der Waals surface area (Å²) in [6.45, 7) is 4.03. The lowest BCUT2D eigenvalue weighted by Gasteiger charge is -2.32. The minimum absolute atomic E-state index is 0.161. The number of likely N-dealkylation sites (tertiary alicyclic amines) is 1. The van der Waals surface area contributed by atoms with E-state index in [0.717, 1.165) is 37.5 Å². The number of fused-ring (bicyclic) bond motifs is 1. The molecule has 136 valence electrons. The minimum Gasteiger partial charge on any atom is -0.481 e. The number of nitrogens with zero attached hydrogens (tertiary/aromatic N) is 2. The third-order valence-corrected chi connectivity index (χ3v) is 5.40. The Morgan fingerprint density at radius 3 is 2.96 bits per heavy atom. The van der Waals surface area contributed by atoms with Crippen LogP contribution in [0.2, 0.25) is 5.02 Å². The number of hydrogen-bond acceptors (Lipinski definition) is 3. The Morgan fingerprint density at radius 1 is 1.32 bits per heavy atom. The summed E-state index contributed by atoms with van der Waals surface area (Å²) in [7, 11) is 0. The molecule has 3 rings (SSSR count). The zero-order chi connectivity index (χ0) is 17.8. The Hall–Kier alpha value is -1.79. The Balaban J connectivity index is 1.44. The number of amides is 2. The highest BCUT2D eigenvalue weighted by Gasteiger charge is 2.28. The number of carboxylic acid groups (broad SMARTS) is 1. The van der Waals surface area contributed by atoms with Gasteiger partial charge in [0.05, 0.1) is 5.92 Å². The number of halogens is 1. The van der Waals surface area contributed by atoms with Crippen LogP contribution in [-0.2, 0) is 17.8 Å². The molecule has 1 atom stereocenters. The van der Waals surface area contributed by atoms with E-state index >= 15 is 0 Å². The third-order valence-electron chi connectivity index (χ3n) is 5.05. The van der Waals surface area contributed by atoms with Gasteiger partial charge in [-0.15, -0.1) is 0 Å². The van der Waals surface area contributed by atoms with Gasteiger partial charge in [0.15, 0.2) is 0 Å². The standard InChI is InChI=1S/C18H24ClN3O3/c19-16-5-1-3-13-11-21(9-6-15(13)16)10-7-20-18(25)22-8-2-4-14(12-22)17(23)24/h1,3,5,14H,2,4,6-12H2,(H,20,25)(H,23,24). The molecule has 1 saturated heterocycles. The average molecular weight is 366 g/mol. The van der Waals surface area contributed by atoms with Crippen LogP contribution in [0.3, 0.4) is 0 Å². The highest BCUT2D eigenvalue weighted by Crippen LogP contribution is 2.25. The number of carbonyl (C=O) groups excluding carboxylic acids is 1. The van der Waals surface area contributed by atoms with Crippen LogP contribution in [0.1, 0.15) is 24.0 Å². The molecule has 0 aliphatic carbocycles. The van der Waals surface area contributed by atoms with E-state index in [1.54, 1.807) is 4.90 Å². The van der Waals surface area contributed by atoms with E-state index in [1.807, 2.05) is 12.1 Å². The lowest BCUT2D eigenvalue weighted by atomic mass is 9.99. The van der Waals surface area contributed by atoms with Crippen LogP contribution in [-0.4, -0.2) is 59.6 Å². The van der Waals surface area contributed by atoms with E-state index in [2.05, 4.69) is 16.3 Å². The quantitative estimate of drug-likeness (QED) is 0.858. The first-order chi connectivity index (χ1) is 12.0. The van der Waals surface area contributed by atoms with Crippen molar-refractivity contribution in [1.82, 2.24) is 15.1 Å². The normalized spacial score (nSPS) is 20.8. The van der Waals surface area contributed by atoms with Gasteiger partial charge in [-0.1, -0.05) is 23.7 Å². The van der Waals surface area contributed by atoms with Gasteiger partial charge in [-0.3, -0.25) is 9.69 Å². The minimum atomic E-state index is -0.817. The molecule has 1 aromatic carbocycles.